The maximum absolute atomic E-state index is 13.9. The van der Waals surface area contributed by atoms with E-state index in [-0.39, 0.29) is 11.7 Å². The number of benzene rings is 2. The third-order valence-corrected chi connectivity index (χ3v) is 3.41. The number of nitrogens with zero attached hydrogens (tertiary/aromatic N) is 3. The third-order valence-electron chi connectivity index (χ3n) is 3.41. The first-order valence-corrected chi connectivity index (χ1v) is 7.04. The number of hydrogen-bond acceptors (Lipinski definition) is 4. The molecule has 0 bridgehead atoms. The molecule has 0 aliphatic heterocycles. The van der Waals surface area contributed by atoms with Gasteiger partial charge in [0.2, 0.25) is 0 Å². The van der Waals surface area contributed by atoms with Crippen molar-refractivity contribution in [3.63, 3.8) is 0 Å². The second-order valence-corrected chi connectivity index (χ2v) is 5.03. The van der Waals surface area contributed by atoms with Gasteiger partial charge in [0.25, 0.3) is 5.91 Å². The molecule has 0 unspecified atom stereocenters. The van der Waals surface area contributed by atoms with Gasteiger partial charge in [-0.1, -0.05) is 35.5 Å². The standard InChI is InChI=1S/C16H14FN5O/c1-10(15-19-21-22-20-15)18-16(23)12-6-4-5-11(9-12)13-7-2-3-8-14(13)17/h2-10H,1H3,(H,18,23)(H,19,20,21,22)/t10-/m1/s1. The Labute approximate surface area is 131 Å². The van der Waals surface area contributed by atoms with Gasteiger partial charge in [0, 0.05) is 11.1 Å². The van der Waals surface area contributed by atoms with Gasteiger partial charge >= 0.3 is 0 Å². The van der Waals surface area contributed by atoms with Crippen molar-refractivity contribution in [2.75, 3.05) is 0 Å². The van der Waals surface area contributed by atoms with Crippen LogP contribution < -0.4 is 5.32 Å². The lowest BCUT2D eigenvalue weighted by Crippen LogP contribution is -2.27. The number of aromatic nitrogens is 4. The summed E-state index contributed by atoms with van der Waals surface area (Å²) < 4.78 is 13.9. The highest BCUT2D eigenvalue weighted by Gasteiger charge is 2.15. The van der Waals surface area contributed by atoms with Crippen molar-refractivity contribution in [2.45, 2.75) is 13.0 Å². The number of tetrazole rings is 1. The zero-order chi connectivity index (χ0) is 16.2. The molecule has 0 fully saturated rings. The Morgan fingerprint density at radius 1 is 1.22 bits per heavy atom. The summed E-state index contributed by atoms with van der Waals surface area (Å²) in [5.74, 6) is -0.227. The zero-order valence-corrected chi connectivity index (χ0v) is 12.3. The van der Waals surface area contributed by atoms with Gasteiger partial charge in [-0.05, 0) is 30.7 Å². The number of halogens is 1. The fourth-order valence-corrected chi connectivity index (χ4v) is 2.22. The Hall–Kier alpha value is -3.09. The fraction of sp³-hybridized carbons (Fsp3) is 0.125. The van der Waals surface area contributed by atoms with Crippen LogP contribution in [0.2, 0.25) is 0 Å². The Morgan fingerprint density at radius 3 is 2.78 bits per heavy atom. The SMILES string of the molecule is C[C@@H](NC(=O)c1cccc(-c2ccccc2F)c1)c1nn[nH]n1. The van der Waals surface area contributed by atoms with E-state index in [0.717, 1.165) is 0 Å². The molecule has 2 N–H and O–H groups in total. The van der Waals surface area contributed by atoms with E-state index in [1.807, 2.05) is 0 Å². The molecule has 7 heteroatoms. The van der Waals surface area contributed by atoms with E-state index >= 15 is 0 Å². The van der Waals surface area contributed by atoms with Gasteiger partial charge in [0.1, 0.15) is 5.82 Å². The van der Waals surface area contributed by atoms with Crippen molar-refractivity contribution in [1.29, 1.82) is 0 Å². The number of carbonyl (C=O) groups is 1. The van der Waals surface area contributed by atoms with Crippen molar-refractivity contribution >= 4 is 5.91 Å². The molecule has 0 aliphatic rings. The molecule has 0 saturated heterocycles. The molecular weight excluding hydrogens is 297 g/mol. The van der Waals surface area contributed by atoms with Crippen LogP contribution in [0.4, 0.5) is 4.39 Å². The first kappa shape index (κ1) is 14.8. The number of amides is 1. The average molecular weight is 311 g/mol. The Morgan fingerprint density at radius 2 is 2.04 bits per heavy atom. The van der Waals surface area contributed by atoms with Crippen LogP contribution in [-0.4, -0.2) is 26.5 Å². The molecule has 116 valence electrons. The summed E-state index contributed by atoms with van der Waals surface area (Å²) in [5, 5.41) is 16.2. The van der Waals surface area contributed by atoms with Gasteiger partial charge < -0.3 is 5.32 Å². The van der Waals surface area contributed by atoms with Gasteiger partial charge in [-0.2, -0.15) is 5.21 Å². The second kappa shape index (κ2) is 6.35. The Kier molecular flexibility index (Phi) is 4.09. The van der Waals surface area contributed by atoms with Gasteiger partial charge in [-0.3, -0.25) is 4.79 Å². The van der Waals surface area contributed by atoms with E-state index in [1.165, 1.54) is 6.07 Å². The normalized spacial score (nSPS) is 11.9. The second-order valence-electron chi connectivity index (χ2n) is 5.03. The van der Waals surface area contributed by atoms with E-state index in [9.17, 15) is 9.18 Å². The molecule has 2 aromatic carbocycles. The van der Waals surface area contributed by atoms with Crippen molar-refractivity contribution in [2.24, 2.45) is 0 Å². The van der Waals surface area contributed by atoms with Crippen molar-refractivity contribution in [3.05, 3.63) is 65.7 Å². The number of nitrogens with one attached hydrogen (secondary N) is 2. The van der Waals surface area contributed by atoms with Crippen LogP contribution in [0.5, 0.6) is 0 Å². The first-order chi connectivity index (χ1) is 11.1. The summed E-state index contributed by atoms with van der Waals surface area (Å²) in [4.78, 5) is 12.3. The number of carbonyl (C=O) groups excluding carboxylic acids is 1. The smallest absolute Gasteiger partial charge is 0.251 e. The highest BCUT2D eigenvalue weighted by molar-refractivity contribution is 5.95. The molecule has 0 spiro atoms. The number of aromatic amines is 1. The summed E-state index contributed by atoms with van der Waals surface area (Å²) in [6.07, 6.45) is 0. The van der Waals surface area contributed by atoms with Crippen LogP contribution in [0.25, 0.3) is 11.1 Å². The monoisotopic (exact) mass is 311 g/mol. The highest BCUT2D eigenvalue weighted by atomic mass is 19.1. The summed E-state index contributed by atoms with van der Waals surface area (Å²) >= 11 is 0. The minimum atomic E-state index is -0.390. The van der Waals surface area contributed by atoms with E-state index in [0.29, 0.717) is 22.5 Å². The van der Waals surface area contributed by atoms with Crippen molar-refractivity contribution in [3.8, 4) is 11.1 Å². The molecule has 1 atom stereocenters. The molecule has 1 heterocycles. The van der Waals surface area contributed by atoms with Crippen molar-refractivity contribution < 1.29 is 9.18 Å². The maximum Gasteiger partial charge on any atom is 0.251 e. The molecule has 23 heavy (non-hydrogen) atoms. The largest absolute Gasteiger partial charge is 0.342 e. The molecule has 0 saturated carbocycles. The van der Waals surface area contributed by atoms with Crippen LogP contribution in [0.15, 0.2) is 48.5 Å². The molecule has 3 aromatic rings. The maximum atomic E-state index is 13.9. The summed E-state index contributed by atoms with van der Waals surface area (Å²) in [7, 11) is 0. The minimum Gasteiger partial charge on any atom is -0.342 e. The van der Waals surface area contributed by atoms with E-state index in [2.05, 4.69) is 25.9 Å². The molecule has 0 radical (unpaired) electrons. The summed E-state index contributed by atoms with van der Waals surface area (Å²) in [6, 6.07) is 12.9. The van der Waals surface area contributed by atoms with Crippen LogP contribution in [0.1, 0.15) is 29.1 Å². The van der Waals surface area contributed by atoms with Crippen LogP contribution in [0.3, 0.4) is 0 Å². The van der Waals surface area contributed by atoms with Gasteiger partial charge in [0.15, 0.2) is 5.82 Å². The van der Waals surface area contributed by atoms with Crippen LogP contribution >= 0.6 is 0 Å². The third kappa shape index (κ3) is 3.23. The molecule has 3 rings (SSSR count). The quantitative estimate of drug-likeness (QED) is 0.775. The Balaban J connectivity index is 1.82. The predicted molar refractivity (Wildman–Crippen MR) is 81.9 cm³/mol. The lowest BCUT2D eigenvalue weighted by Gasteiger charge is -2.11. The summed E-state index contributed by atoms with van der Waals surface area (Å²) in [5.41, 5.74) is 1.53. The minimum absolute atomic E-state index is 0.291. The van der Waals surface area contributed by atoms with E-state index in [4.69, 9.17) is 0 Å². The summed E-state index contributed by atoms with van der Waals surface area (Å²) in [6.45, 7) is 1.75. The molecule has 6 nitrogen and oxygen atoms in total. The fourth-order valence-electron chi connectivity index (χ4n) is 2.22. The highest BCUT2D eigenvalue weighted by Crippen LogP contribution is 2.23. The van der Waals surface area contributed by atoms with E-state index in [1.54, 1.807) is 49.4 Å². The van der Waals surface area contributed by atoms with Crippen LogP contribution in [-0.2, 0) is 0 Å². The Bertz CT molecular complexity index is 819. The lowest BCUT2D eigenvalue weighted by molar-refractivity contribution is 0.0938. The zero-order valence-electron chi connectivity index (χ0n) is 12.3. The number of rotatable bonds is 4. The van der Waals surface area contributed by atoms with Gasteiger partial charge in [-0.15, -0.1) is 10.2 Å². The van der Waals surface area contributed by atoms with Gasteiger partial charge in [0.05, 0.1) is 6.04 Å². The molecule has 0 aliphatic carbocycles. The average Bonchev–Trinajstić information content (AvgIpc) is 3.10. The molecular formula is C16H14FN5O. The molecule has 1 aromatic heterocycles. The topological polar surface area (TPSA) is 83.6 Å². The lowest BCUT2D eigenvalue weighted by atomic mass is 10.0. The first-order valence-electron chi connectivity index (χ1n) is 7.04. The van der Waals surface area contributed by atoms with Crippen LogP contribution in [0, 0.1) is 5.82 Å². The van der Waals surface area contributed by atoms with Gasteiger partial charge in [-0.25, -0.2) is 4.39 Å². The van der Waals surface area contributed by atoms with E-state index < -0.39 is 6.04 Å². The molecule has 1 amide bonds. The number of H-pyrrole nitrogens is 1. The number of hydrogen-bond donors (Lipinski definition) is 2. The predicted octanol–water partition coefficient (Wildman–Crippen LogP) is 2.50. The van der Waals surface area contributed by atoms with Crippen molar-refractivity contribution in [1.82, 2.24) is 25.9 Å².